The van der Waals surface area contributed by atoms with Gasteiger partial charge < -0.3 is 25.8 Å². The predicted octanol–water partition coefficient (Wildman–Crippen LogP) is 4.39. The van der Waals surface area contributed by atoms with Gasteiger partial charge in [0.25, 0.3) is 5.91 Å². The predicted molar refractivity (Wildman–Crippen MR) is 146 cm³/mol. The second-order valence-corrected chi connectivity index (χ2v) is 9.43. The molecule has 0 atom stereocenters. The summed E-state index contributed by atoms with van der Waals surface area (Å²) in [6.07, 6.45) is 2.48. The normalized spacial score (nSPS) is 16.6. The third-order valence-electron chi connectivity index (χ3n) is 6.64. The van der Waals surface area contributed by atoms with Gasteiger partial charge in [0, 0.05) is 67.6 Å². The number of piperazine rings is 1. The molecule has 0 unspecified atom stereocenters. The fourth-order valence-corrected chi connectivity index (χ4v) is 4.68. The van der Waals surface area contributed by atoms with E-state index in [9.17, 15) is 9.59 Å². The molecule has 2 amide bonds. The minimum Gasteiger partial charge on any atom is -0.369 e. The van der Waals surface area contributed by atoms with Gasteiger partial charge in [0.05, 0.1) is 5.57 Å². The Bertz CT molecular complexity index is 1310. The zero-order valence-corrected chi connectivity index (χ0v) is 20.7. The van der Waals surface area contributed by atoms with E-state index in [0.717, 1.165) is 59.9 Å². The molecular formula is C29H31N5O2. The molecule has 0 aliphatic carbocycles. The lowest BCUT2D eigenvalue weighted by Gasteiger charge is -2.34. The van der Waals surface area contributed by atoms with Crippen LogP contribution in [-0.4, -0.2) is 49.9 Å². The third-order valence-corrected chi connectivity index (χ3v) is 6.64. The molecule has 0 saturated carbocycles. The number of amides is 2. The van der Waals surface area contributed by atoms with Crippen LogP contribution < -0.4 is 20.9 Å². The molecule has 3 N–H and O–H groups in total. The first kappa shape index (κ1) is 23.6. The number of hydrogen-bond acceptors (Lipinski definition) is 5. The quantitative estimate of drug-likeness (QED) is 0.455. The number of hydrogen-bond donors (Lipinski definition) is 3. The second-order valence-electron chi connectivity index (χ2n) is 9.43. The van der Waals surface area contributed by atoms with E-state index < -0.39 is 0 Å². The van der Waals surface area contributed by atoms with Crippen molar-refractivity contribution in [3.05, 3.63) is 89.6 Å². The summed E-state index contributed by atoms with van der Waals surface area (Å²) in [5, 5.41) is 9.08. The Kier molecular flexibility index (Phi) is 6.73. The van der Waals surface area contributed by atoms with Crippen LogP contribution in [0.1, 0.15) is 23.6 Å². The fraction of sp³-hybridized carbons (Fsp3) is 0.241. The molecule has 184 valence electrons. The van der Waals surface area contributed by atoms with Crippen LogP contribution in [0.15, 0.2) is 72.9 Å². The van der Waals surface area contributed by atoms with Crippen molar-refractivity contribution in [2.24, 2.45) is 0 Å². The van der Waals surface area contributed by atoms with Gasteiger partial charge in [0.2, 0.25) is 5.91 Å². The lowest BCUT2D eigenvalue weighted by Crippen LogP contribution is -2.44. The van der Waals surface area contributed by atoms with E-state index >= 15 is 0 Å². The second kappa shape index (κ2) is 10.3. The molecule has 0 aromatic heterocycles. The topological polar surface area (TPSA) is 76.7 Å². The largest absolute Gasteiger partial charge is 0.369 e. The van der Waals surface area contributed by atoms with E-state index in [1.54, 1.807) is 6.20 Å². The summed E-state index contributed by atoms with van der Waals surface area (Å²) in [4.78, 5) is 28.8. The van der Waals surface area contributed by atoms with Crippen molar-refractivity contribution in [1.82, 2.24) is 4.90 Å². The van der Waals surface area contributed by atoms with Crippen molar-refractivity contribution in [3.63, 3.8) is 0 Å². The number of nitrogens with one attached hydrogen (secondary N) is 3. The summed E-state index contributed by atoms with van der Waals surface area (Å²) < 4.78 is 0. The van der Waals surface area contributed by atoms with Gasteiger partial charge in [-0.15, -0.1) is 0 Å². The van der Waals surface area contributed by atoms with Crippen molar-refractivity contribution in [2.75, 3.05) is 54.1 Å². The first-order valence-corrected chi connectivity index (χ1v) is 12.3. The highest BCUT2D eigenvalue weighted by Gasteiger charge is 2.24. The molecule has 0 spiro atoms. The van der Waals surface area contributed by atoms with Gasteiger partial charge in [-0.05, 0) is 73.1 Å². The zero-order valence-electron chi connectivity index (χ0n) is 20.7. The summed E-state index contributed by atoms with van der Waals surface area (Å²) in [6, 6.07) is 22.2. The van der Waals surface area contributed by atoms with Gasteiger partial charge in [0.1, 0.15) is 0 Å². The van der Waals surface area contributed by atoms with Gasteiger partial charge in [-0.1, -0.05) is 18.2 Å². The van der Waals surface area contributed by atoms with Crippen LogP contribution in [-0.2, 0) is 16.0 Å². The van der Waals surface area contributed by atoms with Crippen LogP contribution in [0.25, 0.3) is 5.57 Å². The van der Waals surface area contributed by atoms with Crippen LogP contribution in [0.2, 0.25) is 0 Å². The van der Waals surface area contributed by atoms with Crippen molar-refractivity contribution >= 4 is 40.1 Å². The van der Waals surface area contributed by atoms with Gasteiger partial charge in [0.15, 0.2) is 0 Å². The van der Waals surface area contributed by atoms with E-state index in [-0.39, 0.29) is 11.8 Å². The fourth-order valence-electron chi connectivity index (χ4n) is 4.68. The molecule has 1 fully saturated rings. The molecule has 2 aliphatic heterocycles. The molecule has 7 nitrogen and oxygen atoms in total. The van der Waals surface area contributed by atoms with Gasteiger partial charge in [-0.3, -0.25) is 9.59 Å². The molecule has 2 heterocycles. The lowest BCUT2D eigenvalue weighted by molar-refractivity contribution is -0.114. The average molecular weight is 482 g/mol. The van der Waals surface area contributed by atoms with E-state index in [1.165, 1.54) is 12.6 Å². The standard InChI is InChI=1S/C29H31N5O2/c1-20(35)31-24-5-3-4-21(17-24)16-22-6-11-28-26(18-22)27(29(36)32-28)19-30-23-7-9-25(10-8-23)34-14-12-33(2)13-15-34/h3-11,17-19,30H,12-16H2,1-2H3,(H,31,35)(H,32,36). The molecule has 0 radical (unpaired) electrons. The molecule has 7 heteroatoms. The maximum absolute atomic E-state index is 12.7. The molecule has 5 rings (SSSR count). The van der Waals surface area contributed by atoms with E-state index in [4.69, 9.17) is 0 Å². The Morgan fingerprint density at radius 3 is 2.44 bits per heavy atom. The summed E-state index contributed by atoms with van der Waals surface area (Å²) in [6.45, 7) is 5.71. The molecule has 0 bridgehead atoms. The molecule has 36 heavy (non-hydrogen) atoms. The molecular weight excluding hydrogens is 450 g/mol. The van der Waals surface area contributed by atoms with Crippen LogP contribution in [0.5, 0.6) is 0 Å². The Morgan fingerprint density at radius 2 is 1.69 bits per heavy atom. The van der Waals surface area contributed by atoms with Crippen molar-refractivity contribution in [2.45, 2.75) is 13.3 Å². The number of rotatable bonds is 6. The first-order chi connectivity index (χ1) is 17.4. The number of carbonyl (C=O) groups excluding carboxylic acids is 2. The summed E-state index contributed by atoms with van der Waals surface area (Å²) in [7, 11) is 2.16. The third kappa shape index (κ3) is 5.42. The van der Waals surface area contributed by atoms with Gasteiger partial charge >= 0.3 is 0 Å². The SMILES string of the molecule is CC(=O)Nc1cccc(Cc2ccc3c(c2)C(=CNc2ccc(N4CCN(C)CC4)cc2)C(=O)N3)c1. The molecule has 3 aromatic carbocycles. The number of carbonyl (C=O) groups is 2. The summed E-state index contributed by atoms with van der Waals surface area (Å²) >= 11 is 0. The monoisotopic (exact) mass is 481 g/mol. The number of nitrogens with zero attached hydrogens (tertiary/aromatic N) is 2. The van der Waals surface area contributed by atoms with Crippen LogP contribution in [0.3, 0.4) is 0 Å². The van der Waals surface area contributed by atoms with E-state index in [0.29, 0.717) is 12.0 Å². The average Bonchev–Trinajstić information content (AvgIpc) is 3.17. The summed E-state index contributed by atoms with van der Waals surface area (Å²) in [5.74, 6) is -0.207. The molecule has 2 aliphatic rings. The molecule has 1 saturated heterocycles. The summed E-state index contributed by atoms with van der Waals surface area (Å²) in [5.41, 5.74) is 7.43. The van der Waals surface area contributed by atoms with E-state index in [2.05, 4.69) is 63.1 Å². The Hall–Kier alpha value is -4.10. The van der Waals surface area contributed by atoms with Crippen LogP contribution in [0.4, 0.5) is 22.7 Å². The maximum Gasteiger partial charge on any atom is 0.257 e. The smallest absolute Gasteiger partial charge is 0.257 e. The number of anilines is 4. The minimum absolute atomic E-state index is 0.0921. The van der Waals surface area contributed by atoms with Gasteiger partial charge in [-0.25, -0.2) is 0 Å². The maximum atomic E-state index is 12.7. The Labute approximate surface area is 211 Å². The highest BCUT2D eigenvalue weighted by Crippen LogP contribution is 2.33. The molecule has 3 aromatic rings. The number of fused-ring (bicyclic) bond motifs is 1. The van der Waals surface area contributed by atoms with Crippen molar-refractivity contribution in [1.29, 1.82) is 0 Å². The van der Waals surface area contributed by atoms with Crippen molar-refractivity contribution < 1.29 is 9.59 Å². The zero-order chi connectivity index (χ0) is 25.1. The van der Waals surface area contributed by atoms with Crippen molar-refractivity contribution in [3.8, 4) is 0 Å². The lowest BCUT2D eigenvalue weighted by atomic mass is 9.99. The Balaban J connectivity index is 1.29. The highest BCUT2D eigenvalue weighted by atomic mass is 16.2. The minimum atomic E-state index is -0.114. The van der Waals surface area contributed by atoms with Gasteiger partial charge in [-0.2, -0.15) is 0 Å². The van der Waals surface area contributed by atoms with E-state index in [1.807, 2.05) is 36.4 Å². The van der Waals surface area contributed by atoms with Crippen LogP contribution >= 0.6 is 0 Å². The van der Waals surface area contributed by atoms with Crippen LogP contribution in [0, 0.1) is 0 Å². The Morgan fingerprint density at radius 1 is 0.944 bits per heavy atom. The number of benzene rings is 3. The highest BCUT2D eigenvalue weighted by molar-refractivity contribution is 6.31. The first-order valence-electron chi connectivity index (χ1n) is 12.3. The number of likely N-dealkylation sites (N-methyl/N-ethyl adjacent to an activating group) is 1.